The Labute approximate surface area is 146 Å². The molecule has 25 heavy (non-hydrogen) atoms. The van der Waals surface area contributed by atoms with Crippen LogP contribution in [0.4, 0.5) is 5.95 Å². The maximum absolute atomic E-state index is 12.8. The van der Waals surface area contributed by atoms with Crippen molar-refractivity contribution in [3.8, 4) is 0 Å². The van der Waals surface area contributed by atoms with Crippen LogP contribution in [0.5, 0.6) is 0 Å². The van der Waals surface area contributed by atoms with Gasteiger partial charge in [-0.05, 0) is 24.1 Å². The molecule has 0 unspecified atom stereocenters. The van der Waals surface area contributed by atoms with E-state index in [4.69, 9.17) is 9.15 Å². The van der Waals surface area contributed by atoms with E-state index in [-0.39, 0.29) is 11.3 Å². The predicted octanol–water partition coefficient (Wildman–Crippen LogP) is 1.68. The summed E-state index contributed by atoms with van der Waals surface area (Å²) in [5.41, 5.74) is -0.127. The minimum absolute atomic E-state index is 0.0727. The highest BCUT2D eigenvalue weighted by molar-refractivity contribution is 5.91. The van der Waals surface area contributed by atoms with Crippen molar-refractivity contribution in [1.82, 2.24) is 14.9 Å². The first kappa shape index (κ1) is 16.1. The van der Waals surface area contributed by atoms with Crippen LogP contribution in [0.1, 0.15) is 17.5 Å². The average molecular weight is 342 g/mol. The molecule has 0 saturated carbocycles. The zero-order chi connectivity index (χ0) is 17.3. The highest BCUT2D eigenvalue weighted by Gasteiger charge is 2.48. The molecular formula is C18H22N4O3. The molecule has 2 fully saturated rings. The number of nitrogens with zero attached hydrogens (tertiary/aromatic N) is 4. The molecule has 0 aromatic carbocycles. The Morgan fingerprint density at radius 1 is 1.28 bits per heavy atom. The van der Waals surface area contributed by atoms with Crippen molar-refractivity contribution < 1.29 is 13.9 Å². The van der Waals surface area contributed by atoms with Crippen LogP contribution in [-0.4, -0.2) is 60.2 Å². The van der Waals surface area contributed by atoms with E-state index in [0.29, 0.717) is 38.0 Å². The number of hydrogen-bond donors (Lipinski definition) is 0. The quantitative estimate of drug-likeness (QED) is 0.827. The maximum Gasteiger partial charge on any atom is 0.289 e. The van der Waals surface area contributed by atoms with Crippen LogP contribution in [0, 0.1) is 11.3 Å². The first-order chi connectivity index (χ1) is 12.2. The molecule has 2 aromatic rings. The largest absolute Gasteiger partial charge is 0.459 e. The first-order valence-corrected chi connectivity index (χ1v) is 8.60. The van der Waals surface area contributed by atoms with Crippen molar-refractivity contribution >= 4 is 11.9 Å². The van der Waals surface area contributed by atoms with Crippen molar-refractivity contribution in [2.24, 2.45) is 11.3 Å². The lowest BCUT2D eigenvalue weighted by Gasteiger charge is -2.34. The van der Waals surface area contributed by atoms with E-state index in [1.54, 1.807) is 24.5 Å². The number of anilines is 1. The minimum Gasteiger partial charge on any atom is -0.459 e. The van der Waals surface area contributed by atoms with Crippen LogP contribution in [-0.2, 0) is 4.74 Å². The van der Waals surface area contributed by atoms with Gasteiger partial charge in [0.25, 0.3) is 5.91 Å². The normalized spacial score (nSPS) is 26.8. The monoisotopic (exact) mass is 342 g/mol. The molecule has 4 rings (SSSR count). The molecule has 1 spiro atoms. The van der Waals surface area contributed by atoms with E-state index in [1.807, 2.05) is 11.0 Å². The third kappa shape index (κ3) is 3.00. The van der Waals surface area contributed by atoms with Crippen molar-refractivity contribution in [3.63, 3.8) is 0 Å². The van der Waals surface area contributed by atoms with Gasteiger partial charge in [0.05, 0.1) is 19.5 Å². The van der Waals surface area contributed by atoms with Crippen LogP contribution >= 0.6 is 0 Å². The highest BCUT2D eigenvalue weighted by atomic mass is 16.5. The lowest BCUT2D eigenvalue weighted by atomic mass is 9.79. The number of aromatic nitrogens is 2. The summed E-state index contributed by atoms with van der Waals surface area (Å²) in [6.07, 6.45) is 5.05. The van der Waals surface area contributed by atoms with Gasteiger partial charge in [0, 0.05) is 44.0 Å². The molecule has 0 bridgehead atoms. The summed E-state index contributed by atoms with van der Waals surface area (Å²) in [6.45, 7) is 6.26. The summed E-state index contributed by atoms with van der Waals surface area (Å²) in [5.74, 6) is 1.41. The van der Waals surface area contributed by atoms with E-state index in [9.17, 15) is 4.79 Å². The molecule has 0 N–H and O–H groups in total. The summed E-state index contributed by atoms with van der Waals surface area (Å²) < 4.78 is 11.2. The molecule has 0 radical (unpaired) electrons. The molecule has 7 heteroatoms. The summed E-state index contributed by atoms with van der Waals surface area (Å²) in [4.78, 5) is 25.5. The van der Waals surface area contributed by atoms with Gasteiger partial charge in [-0.3, -0.25) is 4.79 Å². The van der Waals surface area contributed by atoms with Crippen molar-refractivity contribution in [2.75, 3.05) is 44.3 Å². The second kappa shape index (κ2) is 6.48. The molecule has 132 valence electrons. The van der Waals surface area contributed by atoms with Gasteiger partial charge in [-0.2, -0.15) is 0 Å². The van der Waals surface area contributed by atoms with Crippen LogP contribution in [0.15, 0.2) is 41.3 Å². The third-order valence-corrected chi connectivity index (χ3v) is 5.30. The Hall–Kier alpha value is -2.41. The van der Waals surface area contributed by atoms with E-state index < -0.39 is 0 Å². The number of furan rings is 1. The van der Waals surface area contributed by atoms with Crippen LogP contribution < -0.4 is 4.90 Å². The van der Waals surface area contributed by atoms with Crippen LogP contribution in [0.2, 0.25) is 0 Å². The number of amides is 1. The fourth-order valence-corrected chi connectivity index (χ4v) is 3.81. The first-order valence-electron chi connectivity index (χ1n) is 8.60. The van der Waals surface area contributed by atoms with Gasteiger partial charge in [-0.1, -0.05) is 6.92 Å². The van der Waals surface area contributed by atoms with Gasteiger partial charge in [-0.15, -0.1) is 0 Å². The minimum atomic E-state index is -0.127. The summed E-state index contributed by atoms with van der Waals surface area (Å²) in [7, 11) is 0. The zero-order valence-electron chi connectivity index (χ0n) is 14.3. The molecule has 4 heterocycles. The fraction of sp³-hybridized carbons (Fsp3) is 0.500. The van der Waals surface area contributed by atoms with E-state index in [1.165, 1.54) is 6.26 Å². The Morgan fingerprint density at radius 2 is 2.12 bits per heavy atom. The predicted molar refractivity (Wildman–Crippen MR) is 91.3 cm³/mol. The number of carbonyl (C=O) groups excluding carboxylic acids is 1. The van der Waals surface area contributed by atoms with Crippen LogP contribution in [0.3, 0.4) is 0 Å². The van der Waals surface area contributed by atoms with E-state index in [2.05, 4.69) is 21.8 Å². The third-order valence-electron chi connectivity index (χ3n) is 5.30. The number of carbonyl (C=O) groups is 1. The highest BCUT2D eigenvalue weighted by Crippen LogP contribution is 2.39. The van der Waals surface area contributed by atoms with Crippen molar-refractivity contribution in [1.29, 1.82) is 0 Å². The number of ether oxygens (including phenoxy) is 1. The maximum atomic E-state index is 12.8. The summed E-state index contributed by atoms with van der Waals surface area (Å²) in [6, 6.07) is 5.27. The van der Waals surface area contributed by atoms with E-state index in [0.717, 1.165) is 19.0 Å². The molecule has 1 amide bonds. The zero-order valence-corrected chi connectivity index (χ0v) is 14.3. The Bertz CT molecular complexity index is 721. The van der Waals surface area contributed by atoms with Gasteiger partial charge in [0.15, 0.2) is 5.76 Å². The van der Waals surface area contributed by atoms with Crippen molar-refractivity contribution in [3.05, 3.63) is 42.6 Å². The number of hydrogen-bond acceptors (Lipinski definition) is 6. The van der Waals surface area contributed by atoms with Gasteiger partial charge in [0.1, 0.15) is 0 Å². The van der Waals surface area contributed by atoms with Gasteiger partial charge in [0.2, 0.25) is 5.95 Å². The summed E-state index contributed by atoms with van der Waals surface area (Å²) in [5, 5.41) is 0. The van der Waals surface area contributed by atoms with Crippen LogP contribution in [0.25, 0.3) is 0 Å². The SMILES string of the molecule is C[C@@H]1CN(c2ncccn2)C[C@]12COCCN(C(=O)c1ccco1)C2. The molecule has 2 saturated heterocycles. The second-order valence-electron chi connectivity index (χ2n) is 6.95. The van der Waals surface area contributed by atoms with Gasteiger partial charge >= 0.3 is 0 Å². The lowest BCUT2D eigenvalue weighted by Crippen LogP contribution is -2.45. The topological polar surface area (TPSA) is 71.7 Å². The molecule has 2 aliphatic rings. The smallest absolute Gasteiger partial charge is 0.289 e. The molecule has 7 nitrogen and oxygen atoms in total. The molecule has 2 aliphatic heterocycles. The van der Waals surface area contributed by atoms with E-state index >= 15 is 0 Å². The Morgan fingerprint density at radius 3 is 2.88 bits per heavy atom. The molecular weight excluding hydrogens is 320 g/mol. The van der Waals surface area contributed by atoms with Crippen molar-refractivity contribution in [2.45, 2.75) is 6.92 Å². The van der Waals surface area contributed by atoms with Gasteiger partial charge in [-0.25, -0.2) is 9.97 Å². The molecule has 0 aliphatic carbocycles. The standard InChI is InChI=1S/C18H22N4O3/c1-14-10-22(17-19-5-3-6-20-17)12-18(14)11-21(7-9-24-13-18)16(23)15-4-2-8-25-15/h2-6,8,14H,7,9-13H2,1H3/t14-,18-/m1/s1. The number of rotatable bonds is 2. The Balaban J connectivity index is 1.56. The second-order valence-corrected chi connectivity index (χ2v) is 6.95. The average Bonchev–Trinajstić information content (AvgIpc) is 3.21. The summed E-state index contributed by atoms with van der Waals surface area (Å²) >= 11 is 0. The lowest BCUT2D eigenvalue weighted by molar-refractivity contribution is 0.0517. The fourth-order valence-electron chi connectivity index (χ4n) is 3.81. The molecule has 2 atom stereocenters. The molecule has 2 aromatic heterocycles. The van der Waals surface area contributed by atoms with Gasteiger partial charge < -0.3 is 19.0 Å². The Kier molecular flexibility index (Phi) is 4.17.